The molecule has 0 fully saturated rings. The number of nitrogens with zero attached hydrogens (tertiary/aromatic N) is 1. The highest BCUT2D eigenvalue weighted by atomic mass is 32.2. The predicted octanol–water partition coefficient (Wildman–Crippen LogP) is 5.25. The van der Waals surface area contributed by atoms with E-state index >= 15 is 0 Å². The summed E-state index contributed by atoms with van der Waals surface area (Å²) in [6, 6.07) is 29.8. The zero-order valence-corrected chi connectivity index (χ0v) is 19.1. The predicted molar refractivity (Wildman–Crippen MR) is 129 cm³/mol. The number of amides is 1. The van der Waals surface area contributed by atoms with E-state index in [4.69, 9.17) is 0 Å². The summed E-state index contributed by atoms with van der Waals surface area (Å²) in [6.45, 7) is -0.292. The first-order valence-corrected chi connectivity index (χ1v) is 12.3. The summed E-state index contributed by atoms with van der Waals surface area (Å²) in [5, 5.41) is 4.64. The van der Waals surface area contributed by atoms with Gasteiger partial charge in [-0.3, -0.25) is 4.79 Å². The third kappa shape index (κ3) is 5.02. The molecule has 4 aromatic carbocycles. The minimum Gasteiger partial charge on any atom is -0.324 e. The monoisotopic (exact) mass is 462 g/mol. The molecule has 0 saturated heterocycles. The summed E-state index contributed by atoms with van der Waals surface area (Å²) in [5.74, 6) is -0.405. The van der Waals surface area contributed by atoms with Gasteiger partial charge in [-0.25, -0.2) is 8.42 Å². The maximum Gasteiger partial charge on any atom is 0.243 e. The molecule has 162 valence electrons. The molecule has 0 bridgehead atoms. The number of carbonyl (C=O) groups is 1. The van der Waals surface area contributed by atoms with Crippen LogP contribution in [0.2, 0.25) is 0 Å². The van der Waals surface area contributed by atoms with Gasteiger partial charge in [-0.15, -0.1) is 0 Å². The molecule has 0 heterocycles. The number of hydrogen-bond acceptors (Lipinski definition) is 4. The first kappa shape index (κ1) is 22.1. The normalized spacial score (nSPS) is 11.6. The van der Waals surface area contributed by atoms with Crippen molar-refractivity contribution in [1.29, 1.82) is 0 Å². The summed E-state index contributed by atoms with van der Waals surface area (Å²) < 4.78 is 27.1. The molecule has 0 aliphatic carbocycles. The Morgan fingerprint density at radius 1 is 0.844 bits per heavy atom. The van der Waals surface area contributed by atoms with Gasteiger partial charge < -0.3 is 5.32 Å². The standard InChI is InChI=1S/C25H22N2O3S2/c1-27(32(29,30)22-16-15-19-9-5-6-10-20(19)17-22)18-25(28)26-23-13-7-8-14-24(23)31-21-11-3-2-4-12-21/h2-17H,18H2,1H3,(H,26,28). The van der Waals surface area contributed by atoms with Crippen LogP contribution in [-0.2, 0) is 14.8 Å². The minimum absolute atomic E-state index is 0.159. The molecule has 5 nitrogen and oxygen atoms in total. The molecule has 0 aromatic heterocycles. The lowest BCUT2D eigenvalue weighted by molar-refractivity contribution is -0.116. The SMILES string of the molecule is CN(CC(=O)Nc1ccccc1Sc1ccccc1)S(=O)(=O)c1ccc2ccccc2c1. The molecule has 4 aromatic rings. The van der Waals surface area contributed by atoms with Crippen LogP contribution in [0.15, 0.2) is 112 Å². The highest BCUT2D eigenvalue weighted by Gasteiger charge is 2.23. The molecule has 32 heavy (non-hydrogen) atoms. The number of carbonyl (C=O) groups excluding carboxylic acids is 1. The number of sulfonamides is 1. The third-order valence-corrected chi connectivity index (χ3v) is 7.81. The van der Waals surface area contributed by atoms with E-state index in [1.807, 2.05) is 72.8 Å². The molecule has 0 radical (unpaired) electrons. The van der Waals surface area contributed by atoms with Crippen molar-refractivity contribution in [1.82, 2.24) is 4.31 Å². The first-order valence-electron chi connectivity index (χ1n) is 10.0. The van der Waals surface area contributed by atoms with Crippen LogP contribution in [0.1, 0.15) is 0 Å². The Labute approximate surface area is 192 Å². The van der Waals surface area contributed by atoms with E-state index in [0.717, 1.165) is 24.9 Å². The average Bonchev–Trinajstić information content (AvgIpc) is 2.80. The maximum absolute atomic E-state index is 13.0. The average molecular weight is 463 g/mol. The quantitative estimate of drug-likeness (QED) is 0.407. The van der Waals surface area contributed by atoms with Gasteiger partial charge in [0.05, 0.1) is 17.1 Å². The molecule has 0 aliphatic heterocycles. The Morgan fingerprint density at radius 2 is 1.50 bits per heavy atom. The first-order chi connectivity index (χ1) is 15.4. The van der Waals surface area contributed by atoms with Crippen molar-refractivity contribution < 1.29 is 13.2 Å². The zero-order chi connectivity index (χ0) is 22.6. The van der Waals surface area contributed by atoms with Crippen LogP contribution < -0.4 is 5.32 Å². The van der Waals surface area contributed by atoms with E-state index in [-0.39, 0.29) is 11.4 Å². The summed E-state index contributed by atoms with van der Waals surface area (Å²) in [5.41, 5.74) is 0.642. The smallest absolute Gasteiger partial charge is 0.243 e. The highest BCUT2D eigenvalue weighted by molar-refractivity contribution is 7.99. The van der Waals surface area contributed by atoms with Crippen molar-refractivity contribution in [3.05, 3.63) is 97.1 Å². The van der Waals surface area contributed by atoms with Crippen molar-refractivity contribution in [3.8, 4) is 0 Å². The van der Waals surface area contributed by atoms with Crippen molar-refractivity contribution >= 4 is 44.2 Å². The second-order valence-electron chi connectivity index (χ2n) is 7.23. The molecule has 1 amide bonds. The van der Waals surface area contributed by atoms with Crippen LogP contribution in [0.3, 0.4) is 0 Å². The molecule has 1 N–H and O–H groups in total. The number of likely N-dealkylation sites (N-methyl/N-ethyl adjacent to an activating group) is 1. The molecule has 0 spiro atoms. The topological polar surface area (TPSA) is 66.5 Å². The minimum atomic E-state index is -3.81. The van der Waals surface area contributed by atoms with Gasteiger partial charge in [0.25, 0.3) is 0 Å². The Kier molecular flexibility index (Phi) is 6.60. The lowest BCUT2D eigenvalue weighted by Gasteiger charge is -2.18. The van der Waals surface area contributed by atoms with Crippen molar-refractivity contribution in [3.63, 3.8) is 0 Å². The zero-order valence-electron chi connectivity index (χ0n) is 17.4. The van der Waals surface area contributed by atoms with Crippen LogP contribution in [0.5, 0.6) is 0 Å². The summed E-state index contributed by atoms with van der Waals surface area (Å²) in [7, 11) is -2.40. The van der Waals surface area contributed by atoms with Crippen LogP contribution in [0.25, 0.3) is 10.8 Å². The Morgan fingerprint density at radius 3 is 2.28 bits per heavy atom. The van der Waals surface area contributed by atoms with E-state index < -0.39 is 15.9 Å². The van der Waals surface area contributed by atoms with Crippen LogP contribution in [0, 0.1) is 0 Å². The van der Waals surface area contributed by atoms with Gasteiger partial charge in [0.1, 0.15) is 0 Å². The number of rotatable bonds is 7. The molecule has 4 rings (SSSR count). The van der Waals surface area contributed by atoms with E-state index in [9.17, 15) is 13.2 Å². The summed E-state index contributed by atoms with van der Waals surface area (Å²) >= 11 is 1.53. The fourth-order valence-electron chi connectivity index (χ4n) is 3.26. The molecular formula is C25H22N2O3S2. The molecule has 0 unspecified atom stereocenters. The van der Waals surface area contributed by atoms with Crippen LogP contribution in [0.4, 0.5) is 5.69 Å². The maximum atomic E-state index is 13.0. The fourth-order valence-corrected chi connectivity index (χ4v) is 5.34. The highest BCUT2D eigenvalue weighted by Crippen LogP contribution is 2.33. The van der Waals surface area contributed by atoms with Crippen molar-refractivity contribution in [2.75, 3.05) is 18.9 Å². The van der Waals surface area contributed by atoms with Gasteiger partial charge in [-0.1, -0.05) is 72.4 Å². The summed E-state index contributed by atoms with van der Waals surface area (Å²) in [4.78, 5) is 14.8. The molecule has 0 saturated carbocycles. The van der Waals surface area contributed by atoms with Gasteiger partial charge in [0.2, 0.25) is 15.9 Å². The van der Waals surface area contributed by atoms with Crippen LogP contribution >= 0.6 is 11.8 Å². The van der Waals surface area contributed by atoms with Gasteiger partial charge in [-0.05, 0) is 47.2 Å². The summed E-state index contributed by atoms with van der Waals surface area (Å²) in [6.07, 6.45) is 0. The van der Waals surface area contributed by atoms with Crippen molar-refractivity contribution in [2.45, 2.75) is 14.7 Å². The number of para-hydroxylation sites is 1. The molecule has 0 atom stereocenters. The molecule has 7 heteroatoms. The van der Waals surface area contributed by atoms with E-state index in [0.29, 0.717) is 5.69 Å². The van der Waals surface area contributed by atoms with E-state index in [1.165, 1.54) is 18.8 Å². The molecular weight excluding hydrogens is 440 g/mol. The third-order valence-electron chi connectivity index (χ3n) is 4.93. The Hall–Kier alpha value is -3.13. The van der Waals surface area contributed by atoms with E-state index in [1.54, 1.807) is 24.3 Å². The number of nitrogens with one attached hydrogen (secondary N) is 1. The van der Waals surface area contributed by atoms with Gasteiger partial charge in [0.15, 0.2) is 0 Å². The lowest BCUT2D eigenvalue weighted by atomic mass is 10.1. The number of fused-ring (bicyclic) bond motifs is 1. The fraction of sp³-hybridized carbons (Fsp3) is 0.0800. The largest absolute Gasteiger partial charge is 0.324 e. The van der Waals surface area contributed by atoms with Crippen LogP contribution in [-0.4, -0.2) is 32.2 Å². The van der Waals surface area contributed by atoms with E-state index in [2.05, 4.69) is 5.32 Å². The van der Waals surface area contributed by atoms with Gasteiger partial charge >= 0.3 is 0 Å². The lowest BCUT2D eigenvalue weighted by Crippen LogP contribution is -2.35. The second kappa shape index (κ2) is 9.56. The Balaban J connectivity index is 1.48. The van der Waals surface area contributed by atoms with Crippen molar-refractivity contribution in [2.24, 2.45) is 0 Å². The van der Waals surface area contributed by atoms with Gasteiger partial charge in [-0.2, -0.15) is 4.31 Å². The second-order valence-corrected chi connectivity index (χ2v) is 10.4. The number of hydrogen-bond donors (Lipinski definition) is 1. The number of benzene rings is 4. The Bertz CT molecular complexity index is 1360. The van der Waals surface area contributed by atoms with Gasteiger partial charge in [0, 0.05) is 16.8 Å². The number of anilines is 1. The molecule has 0 aliphatic rings.